The van der Waals surface area contributed by atoms with Gasteiger partial charge in [-0.15, -0.1) is 0 Å². The van der Waals surface area contributed by atoms with Crippen molar-refractivity contribution < 1.29 is 4.57 Å². The van der Waals surface area contributed by atoms with Gasteiger partial charge in [0, 0.05) is 23.6 Å². The Morgan fingerprint density at radius 2 is 1.25 bits per heavy atom. The number of anilines is 1. The third-order valence-electron chi connectivity index (χ3n) is 11.0. The molecule has 0 saturated carbocycles. The highest BCUT2D eigenvalue weighted by atomic mass is 32.2. The zero-order chi connectivity index (χ0) is 36.5. The monoisotopic (exact) mass is 720 g/mol. The molecule has 7 rings (SSSR count). The number of benzene rings is 5. The van der Waals surface area contributed by atoms with Gasteiger partial charge in [0.2, 0.25) is 5.52 Å². The number of rotatable bonds is 11. The molecule has 0 fully saturated rings. The largest absolute Gasteiger partial charge is 0.335 e. The van der Waals surface area contributed by atoms with Crippen LogP contribution >= 0.6 is 23.1 Å². The lowest BCUT2D eigenvalue weighted by Crippen LogP contribution is -2.69. The van der Waals surface area contributed by atoms with Gasteiger partial charge in [0.05, 0.1) is 16.9 Å². The van der Waals surface area contributed by atoms with Crippen molar-refractivity contribution in [2.45, 2.75) is 78.1 Å². The molecular weight excluding hydrogens is 667 g/mol. The maximum absolute atomic E-state index is 2.41. The first-order valence-corrected chi connectivity index (χ1v) is 20.9. The zero-order valence-electron chi connectivity index (χ0n) is 31.8. The van der Waals surface area contributed by atoms with Gasteiger partial charge in [-0.3, -0.25) is 0 Å². The Morgan fingerprint density at radius 3 is 1.77 bits per heavy atom. The van der Waals surface area contributed by atoms with Crippen LogP contribution in [0.3, 0.4) is 0 Å². The van der Waals surface area contributed by atoms with Gasteiger partial charge in [-0.25, -0.2) is 0 Å². The molecule has 5 aromatic carbocycles. The summed E-state index contributed by atoms with van der Waals surface area (Å²) in [5, 5.41) is 2.62. The van der Waals surface area contributed by atoms with Crippen LogP contribution in [-0.4, -0.2) is 12.7 Å². The lowest BCUT2D eigenvalue weighted by Gasteiger charge is -2.48. The van der Waals surface area contributed by atoms with E-state index in [1.165, 1.54) is 58.4 Å². The Labute approximate surface area is 320 Å². The van der Waals surface area contributed by atoms with Gasteiger partial charge in [0.15, 0.2) is 0 Å². The minimum absolute atomic E-state index is 0.558. The molecule has 6 aromatic rings. The average molecular weight is 721 g/mol. The van der Waals surface area contributed by atoms with E-state index < -0.39 is 6.15 Å². The van der Waals surface area contributed by atoms with Gasteiger partial charge >= 0.3 is 0 Å². The van der Waals surface area contributed by atoms with Crippen LogP contribution in [0.25, 0.3) is 16.3 Å². The van der Waals surface area contributed by atoms with E-state index in [1.54, 1.807) is 0 Å². The summed E-state index contributed by atoms with van der Waals surface area (Å²) in [4.78, 5) is 3.79. The molecule has 2 nitrogen and oxygen atoms in total. The quantitative estimate of drug-likeness (QED) is 0.0972. The topological polar surface area (TPSA) is 7.12 Å². The smallest absolute Gasteiger partial charge is 0.262 e. The molecule has 0 radical (unpaired) electrons. The maximum Gasteiger partial charge on any atom is 0.262 e. The summed E-state index contributed by atoms with van der Waals surface area (Å²) in [7, 11) is 0. The van der Waals surface area contributed by atoms with Crippen molar-refractivity contribution in [3.05, 3.63) is 161 Å². The summed E-state index contributed by atoms with van der Waals surface area (Å²) in [6.07, 6.45) is 9.10. The first kappa shape index (κ1) is 37.4. The first-order chi connectivity index (χ1) is 25.5. The molecule has 0 bridgehead atoms. The molecule has 5 heteroatoms. The van der Waals surface area contributed by atoms with E-state index in [-0.39, 0.29) is 0 Å². The van der Waals surface area contributed by atoms with Crippen molar-refractivity contribution >= 4 is 67.6 Å². The van der Waals surface area contributed by atoms with E-state index >= 15 is 0 Å². The highest BCUT2D eigenvalue weighted by molar-refractivity contribution is 8.03. The Bertz CT molecular complexity index is 2020. The second-order valence-corrected chi connectivity index (χ2v) is 15.9. The molecule has 0 amide bonds. The summed E-state index contributed by atoms with van der Waals surface area (Å²) in [6.45, 7) is 15.6. The summed E-state index contributed by atoms with van der Waals surface area (Å²) >= 11 is 3.77. The predicted octanol–water partition coefficient (Wildman–Crippen LogP) is 10.8. The lowest BCUT2D eigenvalue weighted by molar-refractivity contribution is -0.665. The molecule has 0 spiro atoms. The van der Waals surface area contributed by atoms with E-state index in [4.69, 9.17) is 0 Å². The summed E-state index contributed by atoms with van der Waals surface area (Å²) in [5.41, 5.74) is 9.78. The normalized spacial score (nSPS) is 14.1. The summed E-state index contributed by atoms with van der Waals surface area (Å²) in [5.74, 6) is 0.558. The van der Waals surface area contributed by atoms with E-state index in [2.05, 4.69) is 197 Å². The van der Waals surface area contributed by atoms with Gasteiger partial charge in [-0.1, -0.05) is 166 Å². The van der Waals surface area contributed by atoms with Gasteiger partial charge in [-0.05, 0) is 62.1 Å². The molecule has 1 aliphatic heterocycles. The Balaban J connectivity index is 0.000000183. The van der Waals surface area contributed by atoms with Crippen LogP contribution in [0.5, 0.6) is 0 Å². The Kier molecular flexibility index (Phi) is 12.6. The van der Waals surface area contributed by atoms with Crippen LogP contribution in [0.4, 0.5) is 5.69 Å². The zero-order valence-corrected chi connectivity index (χ0v) is 33.4. The van der Waals surface area contributed by atoms with Gasteiger partial charge in [0.25, 0.3) is 5.01 Å². The number of thioether (sulfide) groups is 1. The molecule has 2 heterocycles. The van der Waals surface area contributed by atoms with E-state index in [1.807, 2.05) is 23.1 Å². The summed E-state index contributed by atoms with van der Waals surface area (Å²) < 4.78 is 3.79. The minimum Gasteiger partial charge on any atom is -0.335 e. The maximum atomic E-state index is 2.41. The molecular formula is C47H53BN2S2. The van der Waals surface area contributed by atoms with Crippen LogP contribution in [0.15, 0.2) is 149 Å². The van der Waals surface area contributed by atoms with E-state index in [0.717, 1.165) is 32.4 Å². The molecule has 52 heavy (non-hydrogen) atoms. The van der Waals surface area contributed by atoms with Crippen molar-refractivity contribution in [2.75, 3.05) is 11.4 Å². The van der Waals surface area contributed by atoms with Crippen LogP contribution in [0, 0.1) is 0 Å². The number of thiazole rings is 1. The molecule has 0 N–H and O–H groups in total. The molecule has 1 atom stereocenters. The highest BCUT2D eigenvalue weighted by Gasteiger charge is 2.34. The van der Waals surface area contributed by atoms with Crippen molar-refractivity contribution in [1.29, 1.82) is 0 Å². The lowest BCUT2D eigenvalue weighted by atomic mass is 9.10. The van der Waals surface area contributed by atoms with Gasteiger partial charge in [0.1, 0.15) is 11.2 Å². The van der Waals surface area contributed by atoms with Crippen LogP contribution < -0.4 is 25.9 Å². The van der Waals surface area contributed by atoms with Crippen LogP contribution in [-0.2, 0) is 19.4 Å². The fourth-order valence-electron chi connectivity index (χ4n) is 8.04. The number of hydrogen-bond acceptors (Lipinski definition) is 3. The minimum atomic E-state index is -0.974. The molecule has 266 valence electrons. The predicted molar refractivity (Wildman–Crippen MR) is 233 cm³/mol. The van der Waals surface area contributed by atoms with Crippen molar-refractivity contribution in [3.63, 3.8) is 0 Å². The first-order valence-electron chi connectivity index (χ1n) is 19.2. The standard InChI is InChI=1S/C25H29N2S2.C22H24B/c1-5-18-12-14-20-22(16-18)28-24(26(20)7-3)10-9-11-25-27(8-4)21-15-13-19(6-2)17-23(21)29-25;1-3-19(2)23(20-13-7-4-8-14-20,21-15-9-5-10-16-21)22-17-11-6-12-18-22/h9-17H,5-8H2,1-4H3;4-19H,3H2,1-2H3/q+1;-1. The number of fused-ring (bicyclic) bond motifs is 2. The second-order valence-electron chi connectivity index (χ2n) is 13.8. The third kappa shape index (κ3) is 7.58. The number of allylic oxidation sites excluding steroid dienone is 2. The second kappa shape index (κ2) is 17.5. The molecule has 1 aliphatic rings. The van der Waals surface area contributed by atoms with Crippen LogP contribution in [0.1, 0.15) is 64.1 Å². The number of aromatic nitrogens is 1. The van der Waals surface area contributed by atoms with Crippen molar-refractivity contribution in [3.8, 4) is 0 Å². The number of aryl methyl sites for hydroxylation is 3. The Morgan fingerprint density at radius 1 is 0.692 bits per heavy atom. The molecule has 0 aliphatic carbocycles. The van der Waals surface area contributed by atoms with E-state index in [0.29, 0.717) is 5.82 Å². The van der Waals surface area contributed by atoms with Crippen molar-refractivity contribution in [1.82, 2.24) is 0 Å². The highest BCUT2D eigenvalue weighted by Crippen LogP contribution is 2.46. The van der Waals surface area contributed by atoms with Gasteiger partial charge in [-0.2, -0.15) is 26.8 Å². The molecule has 0 saturated heterocycles. The fourth-order valence-corrected chi connectivity index (χ4v) is 10.4. The molecule has 1 unspecified atom stereocenters. The van der Waals surface area contributed by atoms with E-state index in [9.17, 15) is 0 Å². The van der Waals surface area contributed by atoms with Gasteiger partial charge < -0.3 is 4.90 Å². The summed E-state index contributed by atoms with van der Waals surface area (Å²) in [6, 6.07) is 46.9. The fraction of sp³-hybridized carbons (Fsp3) is 0.255. The third-order valence-corrected chi connectivity index (χ3v) is 13.2. The van der Waals surface area contributed by atoms with Crippen LogP contribution in [0.2, 0.25) is 5.82 Å². The SMILES string of the molecule is CCC(C)[B-](c1ccccc1)(c1ccccc1)c1ccccc1.CCc1ccc2c(c1)S/C(=C\C=C\c1sc3cc(CC)ccc3[n+]1CC)N2CC. The number of hydrogen-bond donors (Lipinski definition) is 0. The Hall–Kier alpha value is -4.32. The molecule has 1 aromatic heterocycles. The average Bonchev–Trinajstić information content (AvgIpc) is 3.75. The van der Waals surface area contributed by atoms with Crippen molar-refractivity contribution in [2.24, 2.45) is 0 Å². The number of nitrogens with zero attached hydrogens (tertiary/aromatic N) is 2.